The molecule has 5 heteroatoms. The Kier molecular flexibility index (Phi) is 5.21. The lowest BCUT2D eigenvalue weighted by Crippen LogP contribution is -2.47. The summed E-state index contributed by atoms with van der Waals surface area (Å²) in [6.45, 7) is 7.72. The Morgan fingerprint density at radius 1 is 1.06 bits per heavy atom. The van der Waals surface area contributed by atoms with Gasteiger partial charge in [0.1, 0.15) is 0 Å². The van der Waals surface area contributed by atoms with Crippen molar-refractivity contribution >= 4 is 10.1 Å². The van der Waals surface area contributed by atoms with E-state index in [1.807, 2.05) is 0 Å². The lowest BCUT2D eigenvalue weighted by molar-refractivity contribution is 0.147. The van der Waals surface area contributed by atoms with Gasteiger partial charge in [-0.2, -0.15) is 8.42 Å². The van der Waals surface area contributed by atoms with Crippen LogP contribution in [-0.2, 0) is 10.1 Å². The Balaban J connectivity index is 2.19. The van der Waals surface area contributed by atoms with Crippen molar-refractivity contribution in [2.75, 3.05) is 12.3 Å². The van der Waals surface area contributed by atoms with E-state index in [1.165, 1.54) is 25.7 Å². The fraction of sp³-hybridized carbons (Fsp3) is 1.00. The Morgan fingerprint density at radius 2 is 1.61 bits per heavy atom. The predicted molar refractivity (Wildman–Crippen MR) is 74.3 cm³/mol. The molecule has 1 fully saturated rings. The summed E-state index contributed by atoms with van der Waals surface area (Å²) in [6, 6.07) is 0. The van der Waals surface area contributed by atoms with Gasteiger partial charge in [-0.25, -0.2) is 0 Å². The van der Waals surface area contributed by atoms with E-state index < -0.39 is 10.1 Å². The van der Waals surface area contributed by atoms with E-state index in [1.54, 1.807) is 0 Å². The molecule has 1 aliphatic carbocycles. The van der Waals surface area contributed by atoms with Crippen LogP contribution in [0, 0.1) is 5.41 Å². The highest BCUT2D eigenvalue weighted by molar-refractivity contribution is 7.85. The van der Waals surface area contributed by atoms with Gasteiger partial charge in [-0.15, -0.1) is 0 Å². The summed E-state index contributed by atoms with van der Waals surface area (Å²) in [6.07, 6.45) is 6.14. The van der Waals surface area contributed by atoms with Crippen molar-refractivity contribution in [1.29, 1.82) is 0 Å². The topological polar surface area (TPSA) is 66.4 Å². The van der Waals surface area contributed by atoms with Crippen LogP contribution in [-0.4, -0.2) is 30.8 Å². The van der Waals surface area contributed by atoms with Crippen molar-refractivity contribution in [3.63, 3.8) is 0 Å². The minimum absolute atomic E-state index is 0.127. The average molecular weight is 277 g/mol. The third kappa shape index (κ3) is 6.16. The van der Waals surface area contributed by atoms with Gasteiger partial charge in [0.15, 0.2) is 0 Å². The van der Waals surface area contributed by atoms with E-state index in [0.717, 1.165) is 13.0 Å². The minimum Gasteiger partial charge on any atom is -0.312 e. The quantitative estimate of drug-likeness (QED) is 0.578. The van der Waals surface area contributed by atoms with Gasteiger partial charge in [-0.3, -0.25) is 4.55 Å². The zero-order valence-corrected chi connectivity index (χ0v) is 12.6. The first-order valence-corrected chi connectivity index (χ1v) is 8.43. The van der Waals surface area contributed by atoms with Gasteiger partial charge >= 0.3 is 0 Å². The normalized spacial score (nSPS) is 22.9. The maximum Gasteiger partial charge on any atom is 0.264 e. The molecule has 18 heavy (non-hydrogen) atoms. The summed E-state index contributed by atoms with van der Waals surface area (Å²) in [4.78, 5) is 0. The van der Waals surface area contributed by atoms with E-state index in [4.69, 9.17) is 4.55 Å². The zero-order valence-electron chi connectivity index (χ0n) is 11.8. The van der Waals surface area contributed by atoms with Crippen molar-refractivity contribution in [2.24, 2.45) is 5.41 Å². The first-order chi connectivity index (χ1) is 8.12. The van der Waals surface area contributed by atoms with E-state index in [-0.39, 0.29) is 11.3 Å². The van der Waals surface area contributed by atoms with E-state index in [9.17, 15) is 8.42 Å². The highest BCUT2D eigenvalue weighted by atomic mass is 32.2. The van der Waals surface area contributed by atoms with Gasteiger partial charge in [0.2, 0.25) is 0 Å². The number of nitrogens with one attached hydrogen (secondary N) is 1. The Bertz CT molecular complexity index is 352. The molecule has 0 aliphatic heterocycles. The first-order valence-electron chi connectivity index (χ1n) is 6.82. The van der Waals surface area contributed by atoms with Crippen molar-refractivity contribution in [2.45, 2.75) is 64.8 Å². The van der Waals surface area contributed by atoms with Crippen LogP contribution in [0.2, 0.25) is 0 Å². The second-order valence-corrected chi connectivity index (χ2v) is 8.22. The monoisotopic (exact) mass is 277 g/mol. The van der Waals surface area contributed by atoms with Gasteiger partial charge in [-0.1, -0.05) is 13.8 Å². The second-order valence-electron chi connectivity index (χ2n) is 6.64. The van der Waals surface area contributed by atoms with Crippen LogP contribution in [0.4, 0.5) is 0 Å². The van der Waals surface area contributed by atoms with Gasteiger partial charge in [0.25, 0.3) is 10.1 Å². The average Bonchev–Trinajstić information content (AvgIpc) is 2.21. The van der Waals surface area contributed by atoms with E-state index in [2.05, 4.69) is 26.1 Å². The molecule has 0 aromatic heterocycles. The van der Waals surface area contributed by atoms with Crippen LogP contribution in [0.1, 0.15) is 59.3 Å². The maximum atomic E-state index is 10.6. The fourth-order valence-corrected chi connectivity index (χ4v) is 3.02. The molecule has 0 atom stereocenters. The summed E-state index contributed by atoms with van der Waals surface area (Å²) < 4.78 is 29.8. The molecule has 0 heterocycles. The van der Waals surface area contributed by atoms with E-state index in [0.29, 0.717) is 11.8 Å². The summed E-state index contributed by atoms with van der Waals surface area (Å²) in [5, 5.41) is 3.55. The molecular formula is C13H27NO3S. The second kappa shape index (κ2) is 5.88. The zero-order chi connectivity index (χ0) is 13.9. The summed E-state index contributed by atoms with van der Waals surface area (Å²) >= 11 is 0. The number of hydrogen-bond donors (Lipinski definition) is 2. The molecule has 0 unspecified atom stereocenters. The molecule has 0 saturated heterocycles. The van der Waals surface area contributed by atoms with Crippen molar-refractivity contribution < 1.29 is 13.0 Å². The lowest BCUT2D eigenvalue weighted by atomic mass is 9.70. The third-order valence-electron chi connectivity index (χ3n) is 4.09. The molecule has 0 radical (unpaired) electrons. The van der Waals surface area contributed by atoms with Crippen LogP contribution < -0.4 is 5.32 Å². The largest absolute Gasteiger partial charge is 0.312 e. The molecule has 4 nitrogen and oxygen atoms in total. The molecule has 2 N–H and O–H groups in total. The van der Waals surface area contributed by atoms with Crippen molar-refractivity contribution in [3.05, 3.63) is 0 Å². The van der Waals surface area contributed by atoms with Crippen molar-refractivity contribution in [1.82, 2.24) is 5.32 Å². The lowest BCUT2D eigenvalue weighted by Gasteiger charge is -2.42. The van der Waals surface area contributed by atoms with Gasteiger partial charge < -0.3 is 5.32 Å². The van der Waals surface area contributed by atoms with Gasteiger partial charge in [0, 0.05) is 5.54 Å². The van der Waals surface area contributed by atoms with Gasteiger partial charge in [-0.05, 0) is 57.4 Å². The van der Waals surface area contributed by atoms with Gasteiger partial charge in [0.05, 0.1) is 5.75 Å². The maximum absolute atomic E-state index is 10.6. The molecule has 0 aromatic rings. The molecular weight excluding hydrogens is 250 g/mol. The Morgan fingerprint density at radius 3 is 2.11 bits per heavy atom. The third-order valence-corrected chi connectivity index (χ3v) is 4.89. The van der Waals surface area contributed by atoms with Crippen LogP contribution >= 0.6 is 0 Å². The molecule has 0 bridgehead atoms. The number of unbranched alkanes of at least 4 members (excludes halogenated alkanes) is 1. The fourth-order valence-electron chi connectivity index (χ4n) is 2.45. The SMILES string of the molecule is CC1(C)CCC(C)(NCCCCS(=O)(=O)O)CC1. The van der Waals surface area contributed by atoms with Crippen LogP contribution in [0.25, 0.3) is 0 Å². The summed E-state index contributed by atoms with van der Waals surface area (Å²) in [7, 11) is -3.79. The minimum atomic E-state index is -3.79. The highest BCUT2D eigenvalue weighted by Crippen LogP contribution is 2.39. The molecule has 1 saturated carbocycles. The van der Waals surface area contributed by atoms with Crippen molar-refractivity contribution in [3.8, 4) is 0 Å². The van der Waals surface area contributed by atoms with Crippen LogP contribution in [0.15, 0.2) is 0 Å². The standard InChI is InChI=1S/C13H27NO3S/c1-12(2)6-8-13(3,9-7-12)14-10-4-5-11-18(15,16)17/h14H,4-11H2,1-3H3,(H,15,16,17). The summed E-state index contributed by atoms with van der Waals surface area (Å²) in [5.41, 5.74) is 0.666. The first kappa shape index (κ1) is 15.9. The molecule has 0 spiro atoms. The highest BCUT2D eigenvalue weighted by Gasteiger charge is 2.33. The van der Waals surface area contributed by atoms with Crippen LogP contribution in [0.3, 0.4) is 0 Å². The molecule has 0 amide bonds. The number of hydrogen-bond acceptors (Lipinski definition) is 3. The smallest absolute Gasteiger partial charge is 0.264 e. The predicted octanol–water partition coefficient (Wildman–Crippen LogP) is 2.60. The Hall–Kier alpha value is -0.130. The van der Waals surface area contributed by atoms with Crippen LogP contribution in [0.5, 0.6) is 0 Å². The molecule has 1 aliphatic rings. The number of rotatable bonds is 6. The molecule has 108 valence electrons. The molecule has 0 aromatic carbocycles. The Labute approximate surface area is 111 Å². The summed E-state index contributed by atoms with van der Waals surface area (Å²) in [5.74, 6) is -0.127. The van der Waals surface area contributed by atoms with E-state index >= 15 is 0 Å². The molecule has 1 rings (SSSR count).